The van der Waals surface area contributed by atoms with Gasteiger partial charge < -0.3 is 15.0 Å². The third-order valence-electron chi connectivity index (χ3n) is 5.32. The topological polar surface area (TPSA) is 58.6 Å². The van der Waals surface area contributed by atoms with E-state index >= 15 is 0 Å². The van der Waals surface area contributed by atoms with E-state index in [9.17, 15) is 9.59 Å². The molecule has 2 aromatic carbocycles. The highest BCUT2D eigenvalue weighted by molar-refractivity contribution is 6.42. The lowest BCUT2D eigenvalue weighted by Crippen LogP contribution is -2.50. The van der Waals surface area contributed by atoms with E-state index in [1.54, 1.807) is 23.1 Å². The van der Waals surface area contributed by atoms with Crippen LogP contribution >= 0.6 is 23.2 Å². The molecule has 33 heavy (non-hydrogen) atoms. The molecule has 0 aliphatic carbocycles. The fourth-order valence-corrected chi connectivity index (χ4v) is 3.88. The van der Waals surface area contributed by atoms with Crippen LogP contribution in [0.4, 0.5) is 0 Å². The molecule has 0 aliphatic heterocycles. The molecule has 0 bridgehead atoms. The molecule has 1 atom stereocenters. The van der Waals surface area contributed by atoms with Crippen molar-refractivity contribution in [1.82, 2.24) is 10.2 Å². The molecule has 0 saturated heterocycles. The molecule has 2 amide bonds. The normalized spacial score (nSPS) is 12.2. The van der Waals surface area contributed by atoms with Gasteiger partial charge in [0.2, 0.25) is 5.91 Å². The maximum absolute atomic E-state index is 13.4. The maximum Gasteiger partial charge on any atom is 0.261 e. The average Bonchev–Trinajstić information content (AvgIpc) is 2.77. The van der Waals surface area contributed by atoms with E-state index in [0.29, 0.717) is 28.8 Å². The van der Waals surface area contributed by atoms with E-state index in [0.717, 1.165) is 17.5 Å². The molecule has 0 radical (unpaired) electrons. The van der Waals surface area contributed by atoms with Crippen LogP contribution in [0.1, 0.15) is 58.6 Å². The molecule has 0 spiro atoms. The minimum absolute atomic E-state index is 0.134. The van der Waals surface area contributed by atoms with Crippen LogP contribution < -0.4 is 10.1 Å². The Bertz CT molecular complexity index is 957. The maximum atomic E-state index is 13.4. The number of nitrogens with zero attached hydrogens (tertiary/aromatic N) is 1. The Morgan fingerprint density at radius 1 is 1.06 bits per heavy atom. The fraction of sp³-hybridized carbons (Fsp3) is 0.462. The summed E-state index contributed by atoms with van der Waals surface area (Å²) in [5, 5.41) is 3.75. The van der Waals surface area contributed by atoms with Gasteiger partial charge in [0.1, 0.15) is 11.8 Å². The third-order valence-corrected chi connectivity index (χ3v) is 6.06. The van der Waals surface area contributed by atoms with Crippen LogP contribution in [0.15, 0.2) is 42.5 Å². The van der Waals surface area contributed by atoms with E-state index in [-0.39, 0.29) is 30.4 Å². The highest BCUT2D eigenvalue weighted by Gasteiger charge is 2.29. The number of carbonyl (C=O) groups excluding carboxylic acids is 2. The quantitative estimate of drug-likeness (QED) is 0.442. The molecular formula is C26H34Cl2N2O3. The number of ether oxygens (including phenoxy) is 1. The lowest BCUT2D eigenvalue weighted by Gasteiger charge is -2.31. The molecule has 0 aliphatic rings. The molecule has 0 saturated carbocycles. The number of rotatable bonds is 10. The minimum Gasteiger partial charge on any atom is -0.483 e. The standard InChI is InChI=1S/C26H34Cl2N2O3/c1-6-14-29-25(32)22(7-2)30(16-18-12-13-20(27)21(28)15-18)24(31)17-33-23-11-9-8-10-19(23)26(3,4)5/h8-13,15,22H,6-7,14,16-17H2,1-5H3,(H,29,32)/t22-/m1/s1. The number of nitrogens with one attached hydrogen (secondary N) is 1. The monoisotopic (exact) mass is 492 g/mol. The van der Waals surface area contributed by atoms with Crippen molar-refractivity contribution < 1.29 is 14.3 Å². The Morgan fingerprint density at radius 3 is 2.36 bits per heavy atom. The molecule has 0 heterocycles. The second kappa shape index (κ2) is 12.3. The van der Waals surface area contributed by atoms with Crippen molar-refractivity contribution in [3.8, 4) is 5.75 Å². The van der Waals surface area contributed by atoms with Crippen LogP contribution in [-0.2, 0) is 21.5 Å². The molecule has 0 fully saturated rings. The summed E-state index contributed by atoms with van der Waals surface area (Å²) in [4.78, 5) is 27.8. The van der Waals surface area contributed by atoms with Crippen LogP contribution in [0.5, 0.6) is 5.75 Å². The first-order chi connectivity index (χ1) is 15.6. The van der Waals surface area contributed by atoms with Gasteiger partial charge in [-0.05, 0) is 47.6 Å². The van der Waals surface area contributed by atoms with E-state index < -0.39 is 6.04 Å². The zero-order valence-electron chi connectivity index (χ0n) is 20.1. The Hall–Kier alpha value is -2.24. The summed E-state index contributed by atoms with van der Waals surface area (Å²) < 4.78 is 5.97. The van der Waals surface area contributed by atoms with Crippen molar-refractivity contribution in [2.24, 2.45) is 0 Å². The lowest BCUT2D eigenvalue weighted by atomic mass is 9.86. The van der Waals surface area contributed by atoms with E-state index in [1.807, 2.05) is 38.1 Å². The molecule has 0 unspecified atom stereocenters. The Balaban J connectivity index is 2.29. The number of benzene rings is 2. The van der Waals surface area contributed by atoms with Crippen molar-refractivity contribution in [3.05, 3.63) is 63.6 Å². The van der Waals surface area contributed by atoms with Crippen molar-refractivity contribution in [2.45, 2.75) is 65.5 Å². The molecule has 1 N–H and O–H groups in total. The Morgan fingerprint density at radius 2 is 1.76 bits per heavy atom. The second-order valence-electron chi connectivity index (χ2n) is 9.02. The molecule has 180 valence electrons. The molecular weight excluding hydrogens is 459 g/mol. The summed E-state index contributed by atoms with van der Waals surface area (Å²) in [7, 11) is 0. The number of hydrogen-bond donors (Lipinski definition) is 1. The molecule has 2 aromatic rings. The van der Waals surface area contributed by atoms with Gasteiger partial charge in [-0.2, -0.15) is 0 Å². The summed E-state index contributed by atoms with van der Waals surface area (Å²) >= 11 is 12.2. The SMILES string of the molecule is CCCNC(=O)[C@@H](CC)N(Cc1ccc(Cl)c(Cl)c1)C(=O)COc1ccccc1C(C)(C)C. The highest BCUT2D eigenvalue weighted by atomic mass is 35.5. The lowest BCUT2D eigenvalue weighted by molar-refractivity contribution is -0.143. The summed E-state index contributed by atoms with van der Waals surface area (Å²) in [6.45, 7) is 10.8. The first-order valence-electron chi connectivity index (χ1n) is 11.3. The number of amides is 2. The summed E-state index contributed by atoms with van der Waals surface area (Å²) in [5.74, 6) is 0.211. The van der Waals surface area contributed by atoms with E-state index in [4.69, 9.17) is 27.9 Å². The van der Waals surface area contributed by atoms with Gasteiger partial charge in [0, 0.05) is 13.1 Å². The first-order valence-corrected chi connectivity index (χ1v) is 12.1. The minimum atomic E-state index is -0.625. The molecule has 5 nitrogen and oxygen atoms in total. The Labute approximate surface area is 207 Å². The van der Waals surface area contributed by atoms with Gasteiger partial charge in [0.05, 0.1) is 10.0 Å². The van der Waals surface area contributed by atoms with Crippen molar-refractivity contribution in [2.75, 3.05) is 13.2 Å². The van der Waals surface area contributed by atoms with Crippen LogP contribution in [0, 0.1) is 0 Å². The summed E-state index contributed by atoms with van der Waals surface area (Å²) in [5.41, 5.74) is 1.67. The number of carbonyl (C=O) groups is 2. The van der Waals surface area contributed by atoms with Gasteiger partial charge in [-0.25, -0.2) is 0 Å². The molecule has 2 rings (SSSR count). The van der Waals surface area contributed by atoms with E-state index in [2.05, 4.69) is 26.1 Å². The van der Waals surface area contributed by atoms with Gasteiger partial charge >= 0.3 is 0 Å². The van der Waals surface area contributed by atoms with Crippen LogP contribution in [-0.4, -0.2) is 35.9 Å². The summed E-state index contributed by atoms with van der Waals surface area (Å²) in [6, 6.07) is 12.3. The van der Waals surface area contributed by atoms with Gasteiger partial charge in [0.15, 0.2) is 6.61 Å². The highest BCUT2D eigenvalue weighted by Crippen LogP contribution is 2.31. The Kier molecular flexibility index (Phi) is 10.1. The van der Waals surface area contributed by atoms with Gasteiger partial charge in [0.25, 0.3) is 5.91 Å². The van der Waals surface area contributed by atoms with Crippen molar-refractivity contribution in [3.63, 3.8) is 0 Å². The van der Waals surface area contributed by atoms with Crippen LogP contribution in [0.25, 0.3) is 0 Å². The van der Waals surface area contributed by atoms with Gasteiger partial charge in [-0.3, -0.25) is 9.59 Å². The summed E-state index contributed by atoms with van der Waals surface area (Å²) in [6.07, 6.45) is 1.29. The fourth-order valence-electron chi connectivity index (χ4n) is 3.55. The predicted molar refractivity (Wildman–Crippen MR) is 135 cm³/mol. The van der Waals surface area contributed by atoms with Crippen LogP contribution in [0.2, 0.25) is 10.0 Å². The number of para-hydroxylation sites is 1. The van der Waals surface area contributed by atoms with Crippen molar-refractivity contribution in [1.29, 1.82) is 0 Å². The van der Waals surface area contributed by atoms with Crippen LogP contribution in [0.3, 0.4) is 0 Å². The van der Waals surface area contributed by atoms with Crippen molar-refractivity contribution >= 4 is 35.0 Å². The largest absolute Gasteiger partial charge is 0.483 e. The predicted octanol–water partition coefficient (Wildman–Crippen LogP) is 6.00. The second-order valence-corrected chi connectivity index (χ2v) is 9.83. The molecule has 7 heteroatoms. The van der Waals surface area contributed by atoms with Gasteiger partial charge in [-0.15, -0.1) is 0 Å². The molecule has 0 aromatic heterocycles. The zero-order chi connectivity index (χ0) is 24.6. The zero-order valence-corrected chi connectivity index (χ0v) is 21.6. The van der Waals surface area contributed by atoms with Gasteiger partial charge in [-0.1, -0.05) is 82.1 Å². The number of halogens is 2. The third kappa shape index (κ3) is 7.65. The number of hydrogen-bond acceptors (Lipinski definition) is 3. The van der Waals surface area contributed by atoms with E-state index in [1.165, 1.54) is 0 Å². The smallest absolute Gasteiger partial charge is 0.261 e. The average molecular weight is 493 g/mol. The first kappa shape index (κ1) is 27.0.